The van der Waals surface area contributed by atoms with E-state index in [1.165, 1.54) is 22.5 Å². The number of amides is 5. The van der Waals surface area contributed by atoms with Gasteiger partial charge in [0.1, 0.15) is 35.2 Å². The summed E-state index contributed by atoms with van der Waals surface area (Å²) in [5.41, 5.74) is 2.06. The molecular formula is C52H58ClF3N6O8S. The second-order valence-corrected chi connectivity index (χ2v) is 19.3. The van der Waals surface area contributed by atoms with Gasteiger partial charge in [0.25, 0.3) is 0 Å². The quantitative estimate of drug-likeness (QED) is 0.0414. The molecule has 1 saturated heterocycles. The van der Waals surface area contributed by atoms with Crippen molar-refractivity contribution < 1.29 is 51.7 Å². The molecule has 14 nitrogen and oxygen atoms in total. The Hall–Kier alpha value is -6.50. The summed E-state index contributed by atoms with van der Waals surface area (Å²) in [4.78, 5) is 73.2. The number of ether oxygens (including phenoxy) is 2. The number of unbranched alkanes of at least 4 members (excludes halogenated alkanes) is 1. The number of likely N-dealkylation sites (tertiary alicyclic amines) is 1. The second kappa shape index (κ2) is 24.6. The Kier molecular flexibility index (Phi) is 18.6. The standard InChI is InChI=1S/C52H58ClF3N6O8S/c1-33-47(71-32-59-33)41-21-12-35(26-42(41)52(54,55)56)29-58-49(67)43-27-37(63)31-62(43)50(68)48(51(2,3)4)60-45(65)23-22-44(64)57-24-8-9-25-69-38-17-19-40(20-18-38)70-39-15-13-36(14-16-39)61(46(66)28-53)30-34-10-6-5-7-11-34/h5-7,10-21,26,32,37,43,48,63H,8-9,22-25,27-31H2,1-4H3,(H,57,64)(H,58,67)(H,60,65)/t37-,43?,48?/m1/s1. The van der Waals surface area contributed by atoms with Crippen molar-refractivity contribution in [2.45, 2.75) is 97.3 Å². The number of hydrogen-bond acceptors (Lipinski definition) is 10. The number of rotatable bonds is 21. The minimum absolute atomic E-state index is 0.0163. The second-order valence-electron chi connectivity index (χ2n) is 18.2. The monoisotopic (exact) mass is 1020 g/mol. The normalized spacial score (nSPS) is 15.1. The smallest absolute Gasteiger partial charge is 0.417 e. The number of thiazole rings is 1. The van der Waals surface area contributed by atoms with Crippen LogP contribution in [-0.2, 0) is 43.2 Å². The Bertz CT molecular complexity index is 2610. The molecule has 5 aromatic rings. The van der Waals surface area contributed by atoms with E-state index < -0.39 is 53.1 Å². The van der Waals surface area contributed by atoms with Crippen molar-refractivity contribution in [3.63, 3.8) is 0 Å². The highest BCUT2D eigenvalue weighted by Gasteiger charge is 2.44. The Balaban J connectivity index is 0.900. The average molecular weight is 1020 g/mol. The number of β-amino-alcohol motifs (C(OH)–C–C–N with tert-alkyl or cyclic N) is 1. The number of carbonyl (C=O) groups excluding carboxylic acids is 5. The van der Waals surface area contributed by atoms with E-state index in [1.807, 2.05) is 30.3 Å². The van der Waals surface area contributed by atoms with Crippen LogP contribution in [0.25, 0.3) is 10.4 Å². The molecule has 1 fully saturated rings. The van der Waals surface area contributed by atoms with Crippen LogP contribution < -0.4 is 30.3 Å². The molecule has 3 atom stereocenters. The Morgan fingerprint density at radius 1 is 0.873 bits per heavy atom. The van der Waals surface area contributed by atoms with Gasteiger partial charge in [-0.3, -0.25) is 24.0 Å². The maximum atomic E-state index is 14.1. The van der Waals surface area contributed by atoms with Crippen LogP contribution >= 0.6 is 22.9 Å². The molecule has 4 aromatic carbocycles. The molecule has 2 heterocycles. The topological polar surface area (TPSA) is 179 Å². The number of halogens is 4. The zero-order chi connectivity index (χ0) is 51.3. The number of alkyl halides is 4. The highest BCUT2D eigenvalue weighted by molar-refractivity contribution is 7.13. The number of aliphatic hydroxyl groups is 1. The van der Waals surface area contributed by atoms with Crippen molar-refractivity contribution in [2.24, 2.45) is 5.41 Å². The Labute approximate surface area is 419 Å². The SMILES string of the molecule is Cc1ncsc1-c1ccc(CNC(=O)C2C[C@@H](O)CN2C(=O)C(NC(=O)CCC(=O)NCCCCOc2ccc(Oc3ccc(N(Cc4ccccc4)C(=O)CCl)cc3)cc2)C(C)(C)C)cc1C(F)(F)F. The van der Waals surface area contributed by atoms with Crippen LogP contribution in [0.1, 0.15) is 75.3 Å². The molecular weight excluding hydrogens is 961 g/mol. The number of anilines is 1. The average Bonchev–Trinajstić information content (AvgIpc) is 3.96. The fourth-order valence-corrected chi connectivity index (χ4v) is 8.90. The number of nitrogens with zero attached hydrogens (tertiary/aromatic N) is 3. The maximum Gasteiger partial charge on any atom is 0.417 e. The first-order valence-electron chi connectivity index (χ1n) is 23.1. The molecule has 6 rings (SSSR count). The summed E-state index contributed by atoms with van der Waals surface area (Å²) in [5, 5.41) is 18.7. The van der Waals surface area contributed by atoms with Crippen LogP contribution in [0, 0.1) is 12.3 Å². The van der Waals surface area contributed by atoms with Crippen LogP contribution in [0.2, 0.25) is 0 Å². The van der Waals surface area contributed by atoms with E-state index in [-0.39, 0.29) is 61.2 Å². The van der Waals surface area contributed by atoms with Crippen LogP contribution in [0.15, 0.2) is 103 Å². The third-order valence-corrected chi connectivity index (χ3v) is 12.9. The third-order valence-electron chi connectivity index (χ3n) is 11.7. The zero-order valence-corrected chi connectivity index (χ0v) is 41.5. The van der Waals surface area contributed by atoms with Crippen molar-refractivity contribution in [3.05, 3.63) is 125 Å². The Morgan fingerprint density at radius 2 is 1.54 bits per heavy atom. The van der Waals surface area contributed by atoms with Crippen LogP contribution in [0.4, 0.5) is 18.9 Å². The van der Waals surface area contributed by atoms with Gasteiger partial charge < -0.3 is 40.3 Å². The predicted octanol–water partition coefficient (Wildman–Crippen LogP) is 8.57. The number of aliphatic hydroxyl groups excluding tert-OH is 1. The fraction of sp³-hybridized carbons (Fsp3) is 0.385. The van der Waals surface area contributed by atoms with E-state index in [0.29, 0.717) is 66.0 Å². The van der Waals surface area contributed by atoms with E-state index in [0.717, 1.165) is 23.0 Å². The molecule has 2 unspecified atom stereocenters. The van der Waals surface area contributed by atoms with Crippen LogP contribution in [0.3, 0.4) is 0 Å². The largest absolute Gasteiger partial charge is 0.494 e. The molecule has 0 bridgehead atoms. The van der Waals surface area contributed by atoms with E-state index >= 15 is 0 Å². The summed E-state index contributed by atoms with van der Waals surface area (Å²) >= 11 is 6.99. The molecule has 5 amide bonds. The van der Waals surface area contributed by atoms with Crippen molar-refractivity contribution in [2.75, 3.05) is 30.5 Å². The molecule has 0 saturated carbocycles. The molecule has 1 aliphatic heterocycles. The summed E-state index contributed by atoms with van der Waals surface area (Å²) in [5.74, 6) is -0.739. The number of aryl methyl sites for hydroxylation is 1. The molecule has 1 aromatic heterocycles. The first kappa shape index (κ1) is 53.8. The van der Waals surface area contributed by atoms with Crippen molar-refractivity contribution in [3.8, 4) is 27.7 Å². The number of aromatic nitrogens is 1. The lowest BCUT2D eigenvalue weighted by atomic mass is 9.85. The molecule has 0 radical (unpaired) electrons. The highest BCUT2D eigenvalue weighted by Crippen LogP contribution is 2.40. The molecule has 4 N–H and O–H groups in total. The lowest BCUT2D eigenvalue weighted by Crippen LogP contribution is -2.57. The lowest BCUT2D eigenvalue weighted by molar-refractivity contribution is -0.144. The van der Waals surface area contributed by atoms with Gasteiger partial charge in [0, 0.05) is 50.1 Å². The van der Waals surface area contributed by atoms with Crippen LogP contribution in [0.5, 0.6) is 17.2 Å². The number of carbonyl (C=O) groups is 5. The van der Waals surface area contributed by atoms with Gasteiger partial charge in [0.15, 0.2) is 0 Å². The van der Waals surface area contributed by atoms with Gasteiger partial charge in [-0.05, 0) is 90.9 Å². The highest BCUT2D eigenvalue weighted by atomic mass is 35.5. The molecule has 19 heteroatoms. The minimum Gasteiger partial charge on any atom is -0.494 e. The van der Waals surface area contributed by atoms with Gasteiger partial charge >= 0.3 is 6.18 Å². The number of benzene rings is 4. The lowest BCUT2D eigenvalue weighted by Gasteiger charge is -2.35. The maximum absolute atomic E-state index is 14.1. The molecule has 0 aliphatic carbocycles. The van der Waals surface area contributed by atoms with Crippen molar-refractivity contribution >= 4 is 58.2 Å². The van der Waals surface area contributed by atoms with Crippen molar-refractivity contribution in [1.29, 1.82) is 0 Å². The number of nitrogens with one attached hydrogen (secondary N) is 3. The fourth-order valence-electron chi connectivity index (χ4n) is 7.91. The first-order chi connectivity index (χ1) is 33.8. The summed E-state index contributed by atoms with van der Waals surface area (Å²) < 4.78 is 54.2. The van der Waals surface area contributed by atoms with E-state index in [1.54, 1.807) is 81.1 Å². The molecule has 1 aliphatic rings. The summed E-state index contributed by atoms with van der Waals surface area (Å²) in [6.45, 7) is 7.48. The summed E-state index contributed by atoms with van der Waals surface area (Å²) in [6.07, 6.45) is -4.93. The van der Waals surface area contributed by atoms with E-state index in [4.69, 9.17) is 21.1 Å². The van der Waals surface area contributed by atoms with Gasteiger partial charge in [-0.2, -0.15) is 13.2 Å². The minimum atomic E-state index is -4.67. The van der Waals surface area contributed by atoms with Crippen LogP contribution in [-0.4, -0.2) is 88.3 Å². The summed E-state index contributed by atoms with van der Waals surface area (Å²) in [6, 6.07) is 25.5. The predicted molar refractivity (Wildman–Crippen MR) is 265 cm³/mol. The first-order valence-corrected chi connectivity index (χ1v) is 24.6. The molecule has 378 valence electrons. The van der Waals surface area contributed by atoms with Gasteiger partial charge in [0.05, 0.1) is 40.9 Å². The third kappa shape index (κ3) is 15.2. The number of hydrogen-bond donors (Lipinski definition) is 4. The molecule has 71 heavy (non-hydrogen) atoms. The van der Waals surface area contributed by atoms with Crippen molar-refractivity contribution in [1.82, 2.24) is 25.8 Å². The molecule has 0 spiro atoms. The van der Waals surface area contributed by atoms with Gasteiger partial charge in [-0.1, -0.05) is 63.2 Å². The van der Waals surface area contributed by atoms with E-state index in [9.17, 15) is 42.3 Å². The Morgan fingerprint density at radius 3 is 2.17 bits per heavy atom. The van der Waals surface area contributed by atoms with E-state index in [2.05, 4.69) is 20.9 Å². The van der Waals surface area contributed by atoms with Gasteiger partial charge in [-0.15, -0.1) is 22.9 Å². The van der Waals surface area contributed by atoms with Gasteiger partial charge in [-0.25, -0.2) is 4.98 Å². The zero-order valence-electron chi connectivity index (χ0n) is 39.9. The summed E-state index contributed by atoms with van der Waals surface area (Å²) in [7, 11) is 0. The van der Waals surface area contributed by atoms with Gasteiger partial charge in [0.2, 0.25) is 29.5 Å².